The summed E-state index contributed by atoms with van der Waals surface area (Å²) in [5.41, 5.74) is 1.35. The third-order valence-electron chi connectivity index (χ3n) is 3.81. The lowest BCUT2D eigenvalue weighted by Gasteiger charge is -2.15. The Kier molecular flexibility index (Phi) is 4.31. The van der Waals surface area contributed by atoms with Gasteiger partial charge in [-0.25, -0.2) is 8.78 Å². The van der Waals surface area contributed by atoms with E-state index in [1.54, 1.807) is 11.3 Å². The number of benzene rings is 1. The summed E-state index contributed by atoms with van der Waals surface area (Å²) >= 11 is 4.85. The van der Waals surface area contributed by atoms with Crippen LogP contribution in [-0.4, -0.2) is 0 Å². The van der Waals surface area contributed by atoms with Gasteiger partial charge in [-0.3, -0.25) is 0 Å². The fourth-order valence-corrected chi connectivity index (χ4v) is 4.36. The van der Waals surface area contributed by atoms with Crippen LogP contribution >= 0.6 is 27.3 Å². The van der Waals surface area contributed by atoms with Crippen LogP contribution in [0.2, 0.25) is 0 Å². The fourth-order valence-electron chi connectivity index (χ4n) is 2.69. The Hall–Kier alpha value is -0.940. The van der Waals surface area contributed by atoms with E-state index in [9.17, 15) is 8.78 Å². The summed E-state index contributed by atoms with van der Waals surface area (Å²) in [5.74, 6) is -1.15. The summed E-state index contributed by atoms with van der Waals surface area (Å²) in [6.07, 6.45) is 4.74. The third-order valence-corrected chi connectivity index (χ3v) is 5.69. The smallest absolute Gasteiger partial charge is 0.150 e. The van der Waals surface area contributed by atoms with Gasteiger partial charge in [-0.05, 0) is 56.4 Å². The van der Waals surface area contributed by atoms with Crippen LogP contribution in [0.1, 0.15) is 41.1 Å². The van der Waals surface area contributed by atoms with Crippen LogP contribution in [-0.2, 0) is 12.8 Å². The van der Waals surface area contributed by atoms with Crippen molar-refractivity contribution >= 4 is 33.0 Å². The van der Waals surface area contributed by atoms with Crippen molar-refractivity contribution in [2.75, 3.05) is 5.32 Å². The number of fused-ring (bicyclic) bond motifs is 1. The number of nitrogens with one attached hydrogen (secondary N) is 1. The van der Waals surface area contributed by atoms with Gasteiger partial charge in [0, 0.05) is 14.2 Å². The minimum atomic E-state index is -0.574. The lowest BCUT2D eigenvalue weighted by atomic mass is 9.99. The average molecular weight is 372 g/mol. The molecule has 112 valence electrons. The zero-order chi connectivity index (χ0) is 15.0. The first kappa shape index (κ1) is 15.0. The Labute approximate surface area is 135 Å². The van der Waals surface area contributed by atoms with Gasteiger partial charge in [0.05, 0.1) is 6.04 Å². The maximum atomic E-state index is 13.9. The van der Waals surface area contributed by atoms with Crippen molar-refractivity contribution in [1.29, 1.82) is 0 Å². The Morgan fingerprint density at radius 2 is 1.81 bits per heavy atom. The average Bonchev–Trinajstić information content (AvgIpc) is 2.86. The van der Waals surface area contributed by atoms with Crippen LogP contribution in [0.5, 0.6) is 0 Å². The van der Waals surface area contributed by atoms with Gasteiger partial charge in [0.15, 0.2) is 0 Å². The van der Waals surface area contributed by atoms with E-state index in [1.807, 2.05) is 6.92 Å². The highest BCUT2D eigenvalue weighted by molar-refractivity contribution is 9.10. The van der Waals surface area contributed by atoms with E-state index in [0.717, 1.165) is 17.7 Å². The van der Waals surface area contributed by atoms with Crippen LogP contribution in [0.25, 0.3) is 0 Å². The molecule has 0 bridgehead atoms. The maximum Gasteiger partial charge on any atom is 0.150 e. The second kappa shape index (κ2) is 6.05. The molecule has 0 saturated carbocycles. The second-order valence-electron chi connectivity index (χ2n) is 5.41. The number of hydrogen-bond acceptors (Lipinski definition) is 2. The molecule has 1 aliphatic carbocycles. The van der Waals surface area contributed by atoms with Gasteiger partial charge in [-0.15, -0.1) is 11.3 Å². The number of halogens is 3. The molecule has 1 unspecified atom stereocenters. The first-order chi connectivity index (χ1) is 10.0. The Balaban J connectivity index is 1.83. The van der Waals surface area contributed by atoms with Gasteiger partial charge in [0.1, 0.15) is 17.3 Å². The van der Waals surface area contributed by atoms with Gasteiger partial charge < -0.3 is 5.32 Å². The fraction of sp³-hybridized carbons (Fsp3) is 0.375. The van der Waals surface area contributed by atoms with Crippen molar-refractivity contribution in [2.45, 2.75) is 38.6 Å². The molecule has 1 N–H and O–H groups in total. The molecule has 3 rings (SSSR count). The molecule has 0 saturated heterocycles. The number of anilines is 1. The molecule has 0 fully saturated rings. The van der Waals surface area contributed by atoms with E-state index in [-0.39, 0.29) is 11.7 Å². The standard InChI is InChI=1S/C16H16BrF2NS/c1-9(15-6-10-4-2-3-5-14(10)21-15)20-16-12(18)7-11(17)8-13(16)19/h6-9,20H,2-5H2,1H3. The van der Waals surface area contributed by atoms with Crippen LogP contribution in [0.15, 0.2) is 22.7 Å². The Bertz CT molecular complexity index is 622. The molecule has 21 heavy (non-hydrogen) atoms. The summed E-state index contributed by atoms with van der Waals surface area (Å²) in [5, 5.41) is 2.97. The molecule has 1 nitrogen and oxygen atoms in total. The molecule has 0 amide bonds. The molecule has 1 atom stereocenters. The summed E-state index contributed by atoms with van der Waals surface area (Å²) in [7, 11) is 0. The summed E-state index contributed by atoms with van der Waals surface area (Å²) in [6, 6.07) is 4.63. The van der Waals surface area contributed by atoms with Crippen molar-refractivity contribution in [3.8, 4) is 0 Å². The molecular formula is C16H16BrF2NS. The molecular weight excluding hydrogens is 356 g/mol. The van der Waals surface area contributed by atoms with Crippen LogP contribution in [0.3, 0.4) is 0 Å². The molecule has 0 radical (unpaired) electrons. The van der Waals surface area contributed by atoms with Crippen LogP contribution in [0, 0.1) is 11.6 Å². The zero-order valence-corrected chi connectivity index (χ0v) is 14.1. The minimum absolute atomic E-state index is 0.0583. The van der Waals surface area contributed by atoms with Crippen LogP contribution in [0.4, 0.5) is 14.5 Å². The molecule has 1 aliphatic rings. The van der Waals surface area contributed by atoms with Crippen molar-refractivity contribution in [3.63, 3.8) is 0 Å². The van der Waals surface area contributed by atoms with Gasteiger partial charge in [-0.1, -0.05) is 15.9 Å². The quantitative estimate of drug-likeness (QED) is 0.714. The first-order valence-corrected chi connectivity index (χ1v) is 8.68. The van der Waals surface area contributed by atoms with Crippen molar-refractivity contribution in [2.24, 2.45) is 0 Å². The largest absolute Gasteiger partial charge is 0.373 e. The topological polar surface area (TPSA) is 12.0 Å². The predicted octanol–water partition coefficient (Wildman–Crippen LogP) is 5.84. The predicted molar refractivity (Wildman–Crippen MR) is 87.1 cm³/mol. The lowest BCUT2D eigenvalue weighted by molar-refractivity contribution is 0.583. The molecule has 0 aliphatic heterocycles. The minimum Gasteiger partial charge on any atom is -0.373 e. The molecule has 0 spiro atoms. The summed E-state index contributed by atoms with van der Waals surface area (Å²) in [6.45, 7) is 1.94. The SMILES string of the molecule is CC(Nc1c(F)cc(Br)cc1F)c1cc2c(s1)CCCC2. The van der Waals surface area contributed by atoms with E-state index in [1.165, 1.54) is 35.4 Å². The zero-order valence-electron chi connectivity index (χ0n) is 11.7. The number of rotatable bonds is 3. The normalized spacial score (nSPS) is 15.6. The van der Waals surface area contributed by atoms with Crippen molar-refractivity contribution < 1.29 is 8.78 Å². The van der Waals surface area contributed by atoms with Gasteiger partial charge in [-0.2, -0.15) is 0 Å². The van der Waals surface area contributed by atoms with Gasteiger partial charge in [0.2, 0.25) is 0 Å². The number of aryl methyl sites for hydroxylation is 2. The molecule has 1 aromatic carbocycles. The van der Waals surface area contributed by atoms with Crippen molar-refractivity contribution in [3.05, 3.63) is 49.6 Å². The summed E-state index contributed by atoms with van der Waals surface area (Å²) in [4.78, 5) is 2.57. The highest BCUT2D eigenvalue weighted by Gasteiger charge is 2.19. The Morgan fingerprint density at radius 3 is 2.48 bits per heavy atom. The van der Waals surface area contributed by atoms with Crippen molar-refractivity contribution in [1.82, 2.24) is 0 Å². The Morgan fingerprint density at radius 1 is 1.14 bits per heavy atom. The monoisotopic (exact) mass is 371 g/mol. The molecule has 2 aromatic rings. The number of thiophene rings is 1. The maximum absolute atomic E-state index is 13.9. The van der Waals surface area contributed by atoms with E-state index in [2.05, 4.69) is 27.3 Å². The van der Waals surface area contributed by atoms with E-state index >= 15 is 0 Å². The molecule has 1 aromatic heterocycles. The third kappa shape index (κ3) is 3.14. The highest BCUT2D eigenvalue weighted by atomic mass is 79.9. The summed E-state index contributed by atoms with van der Waals surface area (Å²) < 4.78 is 28.2. The highest BCUT2D eigenvalue weighted by Crippen LogP contribution is 2.35. The van der Waals surface area contributed by atoms with E-state index in [4.69, 9.17) is 0 Å². The molecule has 1 heterocycles. The van der Waals surface area contributed by atoms with E-state index < -0.39 is 11.6 Å². The number of hydrogen-bond donors (Lipinski definition) is 1. The first-order valence-electron chi connectivity index (χ1n) is 7.07. The van der Waals surface area contributed by atoms with E-state index in [0.29, 0.717) is 4.47 Å². The van der Waals surface area contributed by atoms with Gasteiger partial charge in [0.25, 0.3) is 0 Å². The lowest BCUT2D eigenvalue weighted by Crippen LogP contribution is -2.08. The second-order valence-corrected chi connectivity index (χ2v) is 7.50. The molecule has 5 heteroatoms. The van der Waals surface area contributed by atoms with Gasteiger partial charge >= 0.3 is 0 Å². The van der Waals surface area contributed by atoms with Crippen LogP contribution < -0.4 is 5.32 Å².